The average Bonchev–Trinajstić information content (AvgIpc) is 3.18. The van der Waals surface area contributed by atoms with Crippen molar-refractivity contribution in [3.05, 3.63) is 39.8 Å². The zero-order valence-electron chi connectivity index (χ0n) is 17.0. The number of ether oxygens (including phenoxy) is 2. The molecule has 0 amide bonds. The number of aliphatic hydroxyl groups excluding tert-OH is 1. The highest BCUT2D eigenvalue weighted by Gasteiger charge is 2.08. The number of rotatable bonds is 10. The van der Waals surface area contributed by atoms with Crippen LogP contribution in [0.25, 0.3) is 0 Å². The quantitative estimate of drug-likeness (QED) is 0.415. The van der Waals surface area contributed by atoms with Crippen LogP contribution < -0.4 is 20.1 Å². The number of thiazole rings is 1. The smallest absolute Gasteiger partial charge is 0.191 e. The molecular weight excluding hydrogens is 376 g/mol. The van der Waals surface area contributed by atoms with Gasteiger partial charge in [-0.2, -0.15) is 0 Å². The highest BCUT2D eigenvalue weighted by molar-refractivity contribution is 7.09. The summed E-state index contributed by atoms with van der Waals surface area (Å²) in [6, 6.07) is 5.68. The fourth-order valence-electron chi connectivity index (χ4n) is 2.43. The maximum absolute atomic E-state index is 8.90. The standard InChI is InChI=1S/C20H30N4O3S/c1-5-21-20(23-12-19-24-16(13-28-19)14(2)3)22-11-15-6-7-17(27-9-8-25)18(10-15)26-4/h6-7,10,13-14,25H,5,8-9,11-12H2,1-4H3,(H2,21,22,23). The van der Waals surface area contributed by atoms with Crippen molar-refractivity contribution >= 4 is 17.3 Å². The van der Waals surface area contributed by atoms with E-state index in [4.69, 9.17) is 14.6 Å². The lowest BCUT2D eigenvalue weighted by molar-refractivity contribution is 0.196. The second kappa shape index (κ2) is 11.5. The summed E-state index contributed by atoms with van der Waals surface area (Å²) < 4.78 is 10.8. The van der Waals surface area contributed by atoms with Crippen LogP contribution in [0.4, 0.5) is 0 Å². The molecule has 154 valence electrons. The van der Waals surface area contributed by atoms with Crippen LogP contribution in [-0.2, 0) is 13.1 Å². The van der Waals surface area contributed by atoms with Crippen molar-refractivity contribution in [3.8, 4) is 11.5 Å². The van der Waals surface area contributed by atoms with Crippen molar-refractivity contribution in [2.75, 3.05) is 26.9 Å². The minimum Gasteiger partial charge on any atom is -0.493 e. The Morgan fingerprint density at radius 3 is 2.75 bits per heavy atom. The maximum atomic E-state index is 8.90. The Labute approximate surface area is 170 Å². The van der Waals surface area contributed by atoms with Gasteiger partial charge in [0.2, 0.25) is 0 Å². The van der Waals surface area contributed by atoms with Crippen molar-refractivity contribution in [2.45, 2.75) is 39.8 Å². The minimum atomic E-state index is -0.0370. The lowest BCUT2D eigenvalue weighted by atomic mass is 10.2. The molecule has 3 N–H and O–H groups in total. The van der Waals surface area contributed by atoms with Crippen LogP contribution in [0.1, 0.15) is 43.0 Å². The van der Waals surface area contributed by atoms with E-state index in [9.17, 15) is 0 Å². The van der Waals surface area contributed by atoms with E-state index in [2.05, 4.69) is 39.8 Å². The lowest BCUT2D eigenvalue weighted by Crippen LogP contribution is -2.36. The predicted octanol–water partition coefficient (Wildman–Crippen LogP) is 2.90. The first kappa shape index (κ1) is 22.0. The number of methoxy groups -OCH3 is 1. The minimum absolute atomic E-state index is 0.0370. The number of nitrogens with one attached hydrogen (secondary N) is 2. The summed E-state index contributed by atoms with van der Waals surface area (Å²) in [7, 11) is 1.60. The van der Waals surface area contributed by atoms with E-state index in [0.29, 0.717) is 30.5 Å². The van der Waals surface area contributed by atoms with E-state index in [1.165, 1.54) is 0 Å². The van der Waals surface area contributed by atoms with Gasteiger partial charge in [-0.15, -0.1) is 11.3 Å². The summed E-state index contributed by atoms with van der Waals surface area (Å²) in [5.41, 5.74) is 2.13. The molecule has 0 radical (unpaired) electrons. The number of aliphatic imine (C=N–C) groups is 1. The largest absolute Gasteiger partial charge is 0.493 e. The van der Waals surface area contributed by atoms with Crippen LogP contribution >= 0.6 is 11.3 Å². The van der Waals surface area contributed by atoms with E-state index in [1.807, 2.05) is 25.1 Å². The number of aromatic nitrogens is 1. The molecule has 1 aromatic heterocycles. The van der Waals surface area contributed by atoms with Crippen molar-refractivity contribution in [3.63, 3.8) is 0 Å². The van der Waals surface area contributed by atoms with Gasteiger partial charge in [0.1, 0.15) is 11.6 Å². The monoisotopic (exact) mass is 406 g/mol. The normalized spacial score (nSPS) is 11.6. The third kappa shape index (κ3) is 6.69. The van der Waals surface area contributed by atoms with Crippen LogP contribution in [-0.4, -0.2) is 42.9 Å². The van der Waals surface area contributed by atoms with Crippen LogP contribution in [0, 0.1) is 0 Å². The number of benzene rings is 1. The summed E-state index contributed by atoms with van der Waals surface area (Å²) in [4.78, 5) is 9.28. The van der Waals surface area contributed by atoms with Gasteiger partial charge in [0, 0.05) is 11.9 Å². The van der Waals surface area contributed by atoms with Gasteiger partial charge in [-0.1, -0.05) is 19.9 Å². The van der Waals surface area contributed by atoms with Crippen molar-refractivity contribution in [2.24, 2.45) is 4.99 Å². The first-order valence-corrected chi connectivity index (χ1v) is 10.3. The Morgan fingerprint density at radius 2 is 2.11 bits per heavy atom. The predicted molar refractivity (Wildman–Crippen MR) is 113 cm³/mol. The average molecular weight is 407 g/mol. The van der Waals surface area contributed by atoms with Gasteiger partial charge in [-0.05, 0) is 30.5 Å². The number of nitrogens with zero attached hydrogens (tertiary/aromatic N) is 2. The summed E-state index contributed by atoms with van der Waals surface area (Å²) in [5.74, 6) is 2.41. The molecule has 0 aliphatic rings. The van der Waals surface area contributed by atoms with Gasteiger partial charge >= 0.3 is 0 Å². The van der Waals surface area contributed by atoms with Crippen molar-refractivity contribution in [1.29, 1.82) is 0 Å². The first-order valence-electron chi connectivity index (χ1n) is 9.44. The Balaban J connectivity index is 2.00. The molecule has 1 heterocycles. The van der Waals surface area contributed by atoms with Crippen molar-refractivity contribution in [1.82, 2.24) is 15.6 Å². The Kier molecular flexibility index (Phi) is 9.03. The van der Waals surface area contributed by atoms with Crippen LogP contribution in [0.3, 0.4) is 0 Å². The fraction of sp³-hybridized carbons (Fsp3) is 0.500. The molecule has 0 aliphatic heterocycles. The highest BCUT2D eigenvalue weighted by Crippen LogP contribution is 2.28. The summed E-state index contributed by atoms with van der Waals surface area (Å²) in [6.07, 6.45) is 0. The molecule has 2 rings (SSSR count). The second-order valence-electron chi connectivity index (χ2n) is 6.43. The van der Waals surface area contributed by atoms with Gasteiger partial charge in [0.05, 0.1) is 32.5 Å². The molecule has 0 saturated heterocycles. The molecular formula is C20H30N4O3S. The zero-order valence-corrected chi connectivity index (χ0v) is 17.8. The van der Waals surface area contributed by atoms with E-state index in [1.54, 1.807) is 18.4 Å². The number of guanidine groups is 1. The van der Waals surface area contributed by atoms with Gasteiger partial charge < -0.3 is 25.2 Å². The van der Waals surface area contributed by atoms with E-state index < -0.39 is 0 Å². The fourth-order valence-corrected chi connectivity index (χ4v) is 3.32. The number of hydrogen-bond acceptors (Lipinski definition) is 6. The summed E-state index contributed by atoms with van der Waals surface area (Å²) >= 11 is 1.66. The molecule has 2 aromatic rings. The van der Waals surface area contributed by atoms with Crippen molar-refractivity contribution < 1.29 is 14.6 Å². The topological polar surface area (TPSA) is 88.0 Å². The molecule has 0 aliphatic carbocycles. The van der Waals surface area contributed by atoms with E-state index in [0.717, 1.165) is 28.8 Å². The summed E-state index contributed by atoms with van der Waals surface area (Å²) in [6.45, 7) is 8.44. The van der Waals surface area contributed by atoms with Crippen LogP contribution in [0.5, 0.6) is 11.5 Å². The Morgan fingerprint density at radius 1 is 1.29 bits per heavy atom. The number of hydrogen-bond donors (Lipinski definition) is 3. The Bertz CT molecular complexity index is 762. The van der Waals surface area contributed by atoms with Gasteiger partial charge in [-0.25, -0.2) is 9.98 Å². The van der Waals surface area contributed by atoms with Gasteiger partial charge in [0.25, 0.3) is 0 Å². The molecule has 7 nitrogen and oxygen atoms in total. The zero-order chi connectivity index (χ0) is 20.4. The summed E-state index contributed by atoms with van der Waals surface area (Å²) in [5, 5.41) is 18.6. The third-order valence-corrected chi connectivity index (χ3v) is 4.78. The molecule has 8 heteroatoms. The first-order chi connectivity index (χ1) is 13.6. The van der Waals surface area contributed by atoms with Crippen LogP contribution in [0.15, 0.2) is 28.6 Å². The molecule has 28 heavy (non-hydrogen) atoms. The molecule has 0 saturated carbocycles. The second-order valence-corrected chi connectivity index (χ2v) is 7.37. The molecule has 1 aromatic carbocycles. The lowest BCUT2D eigenvalue weighted by Gasteiger charge is -2.12. The van der Waals surface area contributed by atoms with Gasteiger partial charge in [-0.3, -0.25) is 0 Å². The highest BCUT2D eigenvalue weighted by atomic mass is 32.1. The molecule has 0 fully saturated rings. The van der Waals surface area contributed by atoms with E-state index in [-0.39, 0.29) is 13.2 Å². The van der Waals surface area contributed by atoms with Gasteiger partial charge in [0.15, 0.2) is 17.5 Å². The Hall–Kier alpha value is -2.32. The molecule has 0 unspecified atom stereocenters. The maximum Gasteiger partial charge on any atom is 0.191 e. The molecule has 0 atom stereocenters. The van der Waals surface area contributed by atoms with E-state index >= 15 is 0 Å². The third-order valence-electron chi connectivity index (χ3n) is 3.91. The SMILES string of the molecule is CCNC(=NCc1ccc(OCCO)c(OC)c1)NCc1nc(C(C)C)cs1. The molecule has 0 bridgehead atoms. The number of aliphatic hydroxyl groups is 1. The van der Waals surface area contributed by atoms with Crippen LogP contribution in [0.2, 0.25) is 0 Å². The molecule has 0 spiro atoms.